The molecule has 0 amide bonds. The minimum absolute atomic E-state index is 0.392. The zero-order valence-corrected chi connectivity index (χ0v) is 13.6. The first kappa shape index (κ1) is 13.7. The highest BCUT2D eigenvalue weighted by molar-refractivity contribution is 5.59. The van der Waals surface area contributed by atoms with Gasteiger partial charge in [0.1, 0.15) is 0 Å². The summed E-state index contributed by atoms with van der Waals surface area (Å²) in [5, 5.41) is 14.6. The third kappa shape index (κ3) is 1.86. The highest BCUT2D eigenvalue weighted by Gasteiger charge is 2.53. The zero-order valence-electron chi connectivity index (χ0n) is 13.6. The van der Waals surface area contributed by atoms with E-state index in [-0.39, 0.29) is 0 Å². The van der Waals surface area contributed by atoms with Gasteiger partial charge in [-0.3, -0.25) is 0 Å². The van der Waals surface area contributed by atoms with Crippen molar-refractivity contribution in [3.63, 3.8) is 0 Å². The third-order valence-electron chi connectivity index (χ3n) is 6.72. The number of piperidine rings is 1. The van der Waals surface area contributed by atoms with E-state index in [1.54, 1.807) is 11.1 Å². The van der Waals surface area contributed by atoms with Crippen LogP contribution in [-0.4, -0.2) is 45.2 Å². The van der Waals surface area contributed by atoms with Crippen LogP contribution in [0.3, 0.4) is 0 Å². The second-order valence-corrected chi connectivity index (χ2v) is 7.62. The molecule has 1 N–H and O–H groups in total. The van der Waals surface area contributed by atoms with Crippen molar-refractivity contribution in [2.45, 2.75) is 50.0 Å². The van der Waals surface area contributed by atoms with Gasteiger partial charge >= 0.3 is 0 Å². The molecule has 2 bridgehead atoms. The molecule has 1 aliphatic heterocycles. The summed E-state index contributed by atoms with van der Waals surface area (Å²) in [6.45, 7) is 1.23. The van der Waals surface area contributed by atoms with Gasteiger partial charge in [-0.25, -0.2) is 0 Å². The molecule has 2 aliphatic carbocycles. The number of likely N-dealkylation sites (N-methyl/N-ethyl adjacent to an activating group) is 1. The van der Waals surface area contributed by atoms with E-state index in [2.05, 4.69) is 50.8 Å². The van der Waals surface area contributed by atoms with Gasteiger partial charge in [-0.2, -0.15) is 5.21 Å². The zero-order chi connectivity index (χ0) is 15.4. The first-order chi connectivity index (χ1) is 11.3. The summed E-state index contributed by atoms with van der Waals surface area (Å²) in [6.07, 6.45) is 8.01. The minimum Gasteiger partial charge on any atom is -0.303 e. The Morgan fingerprint density at radius 3 is 3.09 bits per heavy atom. The molecule has 120 valence electrons. The SMILES string of the molecule is CN1CC[C@@]23CCCC[C@H]2[C@@H]1Cc1ccc(-c2nn[nH]n2)cc13. The molecule has 2 fully saturated rings. The maximum atomic E-state index is 4.17. The number of tetrazole rings is 1. The van der Waals surface area contributed by atoms with Gasteiger partial charge in [0.15, 0.2) is 0 Å². The molecular weight excluding hydrogens is 286 g/mol. The average Bonchev–Trinajstić information content (AvgIpc) is 3.12. The van der Waals surface area contributed by atoms with E-state index >= 15 is 0 Å². The molecule has 2 heterocycles. The summed E-state index contributed by atoms with van der Waals surface area (Å²) in [5.74, 6) is 1.54. The predicted octanol–water partition coefficient (Wildman–Crippen LogP) is 2.55. The number of rotatable bonds is 1. The van der Waals surface area contributed by atoms with Gasteiger partial charge in [0.2, 0.25) is 5.82 Å². The van der Waals surface area contributed by atoms with Crippen LogP contribution in [-0.2, 0) is 11.8 Å². The lowest BCUT2D eigenvalue weighted by Crippen LogP contribution is -2.59. The molecule has 0 unspecified atom stereocenters. The molecule has 3 aliphatic rings. The van der Waals surface area contributed by atoms with Crippen molar-refractivity contribution in [3.8, 4) is 11.4 Å². The maximum absolute atomic E-state index is 4.17. The van der Waals surface area contributed by atoms with Gasteiger partial charge < -0.3 is 4.90 Å². The molecule has 0 radical (unpaired) electrons. The summed E-state index contributed by atoms with van der Waals surface area (Å²) < 4.78 is 0. The van der Waals surface area contributed by atoms with E-state index in [1.807, 2.05) is 0 Å². The van der Waals surface area contributed by atoms with Gasteiger partial charge in [-0.15, -0.1) is 10.2 Å². The molecule has 1 saturated heterocycles. The quantitative estimate of drug-likeness (QED) is 0.879. The van der Waals surface area contributed by atoms with Gasteiger partial charge in [0.05, 0.1) is 0 Å². The molecular formula is C18H23N5. The van der Waals surface area contributed by atoms with Crippen molar-refractivity contribution >= 4 is 0 Å². The Hall–Kier alpha value is -1.75. The van der Waals surface area contributed by atoms with E-state index in [1.165, 1.54) is 45.1 Å². The average molecular weight is 309 g/mol. The number of benzene rings is 1. The first-order valence-electron chi connectivity index (χ1n) is 8.85. The van der Waals surface area contributed by atoms with E-state index in [4.69, 9.17) is 0 Å². The number of nitrogens with zero attached hydrogens (tertiary/aromatic N) is 4. The molecule has 5 rings (SSSR count). The minimum atomic E-state index is 0.392. The number of likely N-dealkylation sites (tertiary alicyclic amines) is 1. The van der Waals surface area contributed by atoms with Crippen molar-refractivity contribution < 1.29 is 0 Å². The van der Waals surface area contributed by atoms with Gasteiger partial charge in [-0.1, -0.05) is 25.0 Å². The fraction of sp³-hybridized carbons (Fsp3) is 0.611. The monoisotopic (exact) mass is 309 g/mol. The summed E-state index contributed by atoms with van der Waals surface area (Å²) in [4.78, 5) is 2.62. The highest BCUT2D eigenvalue weighted by atomic mass is 15.5. The standard InChI is InChI=1S/C18H23N5/c1-23-9-8-18-7-3-2-4-14(18)16(23)11-12-5-6-13(10-15(12)18)17-19-21-22-20-17/h5-6,10,14,16H,2-4,7-9,11H2,1H3,(H,19,20,21,22)/t14-,16-,18-/m0/s1. The Labute approximate surface area is 136 Å². The molecule has 5 nitrogen and oxygen atoms in total. The fourth-order valence-corrected chi connectivity index (χ4v) is 5.62. The number of hydrogen-bond acceptors (Lipinski definition) is 4. The van der Waals surface area contributed by atoms with Crippen LogP contribution >= 0.6 is 0 Å². The lowest BCUT2D eigenvalue weighted by atomic mass is 9.52. The van der Waals surface area contributed by atoms with Crippen LogP contribution in [0.2, 0.25) is 0 Å². The number of nitrogens with one attached hydrogen (secondary N) is 1. The molecule has 2 aromatic rings. The van der Waals surface area contributed by atoms with Crippen LogP contribution in [0.4, 0.5) is 0 Å². The van der Waals surface area contributed by atoms with Crippen LogP contribution in [0.25, 0.3) is 11.4 Å². The van der Waals surface area contributed by atoms with Crippen LogP contribution in [0, 0.1) is 5.92 Å². The number of H-pyrrole nitrogens is 1. The predicted molar refractivity (Wildman–Crippen MR) is 88.0 cm³/mol. The lowest BCUT2D eigenvalue weighted by molar-refractivity contribution is 0.00289. The Balaban J connectivity index is 1.68. The van der Waals surface area contributed by atoms with Crippen molar-refractivity contribution in [1.29, 1.82) is 0 Å². The second kappa shape index (κ2) is 4.87. The number of aromatic nitrogens is 4. The summed E-state index contributed by atoms with van der Waals surface area (Å²) in [6, 6.07) is 7.59. The highest BCUT2D eigenvalue weighted by Crippen LogP contribution is 2.55. The largest absolute Gasteiger partial charge is 0.303 e. The van der Waals surface area contributed by atoms with E-state index in [9.17, 15) is 0 Å². The molecule has 0 spiro atoms. The Morgan fingerprint density at radius 2 is 2.22 bits per heavy atom. The first-order valence-corrected chi connectivity index (χ1v) is 8.85. The van der Waals surface area contributed by atoms with E-state index < -0.39 is 0 Å². The molecule has 1 aromatic carbocycles. The van der Waals surface area contributed by atoms with Gasteiger partial charge in [0, 0.05) is 17.0 Å². The van der Waals surface area contributed by atoms with Crippen molar-refractivity contribution in [3.05, 3.63) is 29.3 Å². The van der Waals surface area contributed by atoms with Crippen molar-refractivity contribution in [1.82, 2.24) is 25.5 Å². The second-order valence-electron chi connectivity index (χ2n) is 7.62. The Morgan fingerprint density at radius 1 is 1.26 bits per heavy atom. The van der Waals surface area contributed by atoms with E-state index in [0.717, 1.165) is 17.5 Å². The molecule has 1 aromatic heterocycles. The van der Waals surface area contributed by atoms with Crippen LogP contribution in [0.5, 0.6) is 0 Å². The molecule has 1 saturated carbocycles. The summed E-state index contributed by atoms with van der Waals surface area (Å²) in [5.41, 5.74) is 4.64. The number of aromatic amines is 1. The van der Waals surface area contributed by atoms with E-state index in [0.29, 0.717) is 11.2 Å². The summed E-state index contributed by atoms with van der Waals surface area (Å²) >= 11 is 0. The number of fused-ring (bicyclic) bond motifs is 1. The Bertz CT molecular complexity index is 725. The molecule has 5 heteroatoms. The fourth-order valence-electron chi connectivity index (χ4n) is 5.62. The van der Waals surface area contributed by atoms with Crippen molar-refractivity contribution in [2.24, 2.45) is 5.92 Å². The van der Waals surface area contributed by atoms with Gasteiger partial charge in [-0.05, 0) is 67.6 Å². The van der Waals surface area contributed by atoms with Gasteiger partial charge in [0.25, 0.3) is 0 Å². The normalized spacial score (nSPS) is 33.1. The lowest BCUT2D eigenvalue weighted by Gasteiger charge is -2.58. The van der Waals surface area contributed by atoms with Crippen LogP contribution in [0.15, 0.2) is 18.2 Å². The van der Waals surface area contributed by atoms with Crippen LogP contribution in [0.1, 0.15) is 43.2 Å². The maximum Gasteiger partial charge on any atom is 0.204 e. The third-order valence-corrected chi connectivity index (χ3v) is 6.72. The molecule has 23 heavy (non-hydrogen) atoms. The summed E-state index contributed by atoms with van der Waals surface area (Å²) in [7, 11) is 2.32. The molecule has 3 atom stereocenters. The van der Waals surface area contributed by atoms with Crippen LogP contribution < -0.4 is 0 Å². The van der Waals surface area contributed by atoms with Crippen molar-refractivity contribution in [2.75, 3.05) is 13.6 Å². The Kier molecular flexibility index (Phi) is 2.89. The topological polar surface area (TPSA) is 57.7 Å². The smallest absolute Gasteiger partial charge is 0.204 e. The number of hydrogen-bond donors (Lipinski definition) is 1.